The zero-order valence-electron chi connectivity index (χ0n) is 23.4. The van der Waals surface area contributed by atoms with Crippen LogP contribution in [-0.4, -0.2) is 77.3 Å². The summed E-state index contributed by atoms with van der Waals surface area (Å²) >= 11 is 2.73. The first-order valence-electron chi connectivity index (χ1n) is 13.0. The quantitative estimate of drug-likeness (QED) is 0.109. The Balaban J connectivity index is 1.27. The SMILES string of the molecule is Cc1ccc(OCC(=O)NC2C(=O)N3C(C(=O)OCc4ccc([N+](=O)[O-])cc4)=C(CSc4nnnn4C)CS[C@@H]23)cc1C. The molecule has 3 aromatic rings. The summed E-state index contributed by atoms with van der Waals surface area (Å²) in [5.74, 6) is -0.346. The molecule has 0 saturated carbocycles. The molecule has 0 spiro atoms. The number of non-ortho nitro benzene ring substituents is 1. The molecule has 16 heteroatoms. The Kier molecular flexibility index (Phi) is 8.96. The molecule has 14 nitrogen and oxygen atoms in total. The van der Waals surface area contributed by atoms with Gasteiger partial charge in [0, 0.05) is 30.7 Å². The van der Waals surface area contributed by atoms with E-state index in [-0.39, 0.29) is 24.6 Å². The number of nitro benzene ring substituents is 1. The van der Waals surface area contributed by atoms with Gasteiger partial charge < -0.3 is 14.8 Å². The molecule has 1 saturated heterocycles. The largest absolute Gasteiger partial charge is 0.484 e. The van der Waals surface area contributed by atoms with E-state index in [0.29, 0.717) is 33.5 Å². The van der Waals surface area contributed by atoms with Gasteiger partial charge in [-0.1, -0.05) is 17.8 Å². The number of β-lactam (4-membered cyclic amide) rings is 1. The predicted octanol–water partition coefficient (Wildman–Crippen LogP) is 2.30. The maximum absolute atomic E-state index is 13.4. The number of esters is 1. The molecule has 2 atom stereocenters. The summed E-state index contributed by atoms with van der Waals surface area (Å²) < 4.78 is 12.7. The Morgan fingerprint density at radius 1 is 1.19 bits per heavy atom. The zero-order valence-corrected chi connectivity index (χ0v) is 25.0. The molecule has 224 valence electrons. The Labute approximate surface area is 254 Å². The highest BCUT2D eigenvalue weighted by atomic mass is 32.2. The van der Waals surface area contributed by atoms with Crippen molar-refractivity contribution in [3.63, 3.8) is 0 Å². The minimum absolute atomic E-state index is 0.0823. The minimum atomic E-state index is -0.838. The van der Waals surface area contributed by atoms with E-state index in [1.807, 2.05) is 26.0 Å². The summed E-state index contributed by atoms with van der Waals surface area (Å²) in [6.45, 7) is 3.51. The van der Waals surface area contributed by atoms with Crippen LogP contribution in [0, 0.1) is 24.0 Å². The average Bonchev–Trinajstić information content (AvgIpc) is 3.42. The number of carbonyl (C=O) groups is 3. The number of hydrogen-bond acceptors (Lipinski definition) is 12. The fourth-order valence-electron chi connectivity index (χ4n) is 4.38. The number of aryl methyl sites for hydroxylation is 3. The van der Waals surface area contributed by atoms with Gasteiger partial charge in [0.2, 0.25) is 5.16 Å². The number of ether oxygens (including phenoxy) is 2. The van der Waals surface area contributed by atoms with Crippen LogP contribution in [-0.2, 0) is 32.8 Å². The van der Waals surface area contributed by atoms with E-state index in [0.717, 1.165) is 11.1 Å². The number of tetrazole rings is 1. The summed E-state index contributed by atoms with van der Waals surface area (Å²) in [5, 5.41) is 25.1. The van der Waals surface area contributed by atoms with E-state index >= 15 is 0 Å². The van der Waals surface area contributed by atoms with Crippen molar-refractivity contribution < 1.29 is 28.8 Å². The molecule has 0 radical (unpaired) electrons. The third-order valence-electron chi connectivity index (χ3n) is 6.88. The number of rotatable bonds is 11. The van der Waals surface area contributed by atoms with Crippen molar-refractivity contribution >= 4 is 47.0 Å². The van der Waals surface area contributed by atoms with E-state index in [4.69, 9.17) is 9.47 Å². The summed E-state index contributed by atoms with van der Waals surface area (Å²) in [7, 11) is 1.69. The van der Waals surface area contributed by atoms with Gasteiger partial charge in [0.05, 0.1) is 4.92 Å². The van der Waals surface area contributed by atoms with E-state index in [1.54, 1.807) is 13.1 Å². The second kappa shape index (κ2) is 12.8. The van der Waals surface area contributed by atoms with Crippen LogP contribution in [0.5, 0.6) is 5.75 Å². The van der Waals surface area contributed by atoms with E-state index in [9.17, 15) is 24.5 Å². The van der Waals surface area contributed by atoms with Gasteiger partial charge in [-0.25, -0.2) is 9.48 Å². The number of amides is 2. The number of fused-ring (bicyclic) bond motifs is 1. The van der Waals surface area contributed by atoms with Crippen molar-refractivity contribution in [3.8, 4) is 5.75 Å². The Morgan fingerprint density at radius 3 is 2.63 bits per heavy atom. The number of thioether (sulfide) groups is 2. The molecule has 1 fully saturated rings. The fraction of sp³-hybridized carbons (Fsp3) is 0.333. The molecule has 2 aromatic carbocycles. The highest BCUT2D eigenvalue weighted by Gasteiger charge is 2.54. The van der Waals surface area contributed by atoms with Crippen LogP contribution in [0.15, 0.2) is 58.9 Å². The lowest BCUT2D eigenvalue weighted by atomic mass is 10.0. The molecule has 2 amide bonds. The van der Waals surface area contributed by atoms with E-state index in [2.05, 4.69) is 20.8 Å². The van der Waals surface area contributed by atoms with Crippen LogP contribution in [0.4, 0.5) is 5.69 Å². The number of nitrogens with one attached hydrogen (secondary N) is 1. The van der Waals surface area contributed by atoms with Gasteiger partial charge in [-0.05, 0) is 70.8 Å². The number of nitrogens with zero attached hydrogens (tertiary/aromatic N) is 6. The first-order valence-corrected chi connectivity index (χ1v) is 15.1. The van der Waals surface area contributed by atoms with E-state index in [1.165, 1.54) is 57.4 Å². The summed E-state index contributed by atoms with van der Waals surface area (Å²) in [6.07, 6.45) is 0. The highest BCUT2D eigenvalue weighted by Crippen LogP contribution is 2.42. The molecule has 5 rings (SSSR count). The van der Waals surface area contributed by atoms with Gasteiger partial charge in [-0.3, -0.25) is 24.6 Å². The summed E-state index contributed by atoms with van der Waals surface area (Å²) in [4.78, 5) is 51.2. The molecule has 43 heavy (non-hydrogen) atoms. The maximum Gasteiger partial charge on any atom is 0.355 e. The lowest BCUT2D eigenvalue weighted by molar-refractivity contribution is -0.384. The van der Waals surface area contributed by atoms with Gasteiger partial charge in [0.15, 0.2) is 6.61 Å². The first-order chi connectivity index (χ1) is 20.6. The molecule has 0 bridgehead atoms. The number of nitro groups is 1. The molecular weight excluding hydrogens is 598 g/mol. The average molecular weight is 626 g/mol. The maximum atomic E-state index is 13.4. The lowest BCUT2D eigenvalue weighted by Gasteiger charge is -2.49. The first kappa shape index (κ1) is 30.0. The Morgan fingerprint density at radius 2 is 1.95 bits per heavy atom. The minimum Gasteiger partial charge on any atom is -0.484 e. The topological polar surface area (TPSA) is 172 Å². The van der Waals surface area contributed by atoms with Crippen molar-refractivity contribution in [1.82, 2.24) is 30.4 Å². The summed E-state index contributed by atoms with van der Waals surface area (Å²) in [6, 6.07) is 10.3. The van der Waals surface area contributed by atoms with Gasteiger partial charge in [-0.15, -0.1) is 16.9 Å². The molecule has 2 aliphatic heterocycles. The van der Waals surface area contributed by atoms with Crippen LogP contribution < -0.4 is 10.1 Å². The number of carbonyl (C=O) groups excluding carboxylic acids is 3. The fourth-order valence-corrected chi connectivity index (χ4v) is 6.71. The second-order valence-corrected chi connectivity index (χ2v) is 11.9. The highest BCUT2D eigenvalue weighted by molar-refractivity contribution is 8.01. The molecule has 1 N–H and O–H groups in total. The monoisotopic (exact) mass is 625 g/mol. The van der Waals surface area contributed by atoms with Crippen LogP contribution in [0.2, 0.25) is 0 Å². The van der Waals surface area contributed by atoms with Crippen LogP contribution in [0.25, 0.3) is 0 Å². The van der Waals surface area contributed by atoms with E-state index < -0.39 is 34.1 Å². The lowest BCUT2D eigenvalue weighted by Crippen LogP contribution is -2.71. The third-order valence-corrected chi connectivity index (χ3v) is 9.32. The molecule has 3 heterocycles. The van der Waals surface area contributed by atoms with Gasteiger partial charge >= 0.3 is 5.97 Å². The van der Waals surface area contributed by atoms with Crippen molar-refractivity contribution in [2.45, 2.75) is 37.0 Å². The molecule has 0 aliphatic carbocycles. The third kappa shape index (κ3) is 6.64. The standard InChI is InChI=1S/C27H27N7O7S2/c1-15-4-9-20(10-16(15)2)40-12-21(35)28-22-24(36)33-23(26(37)41-11-17-5-7-19(8-6-17)34(38)39)18(13-42-25(22)33)14-43-27-29-30-31-32(27)3/h4-10,22,25H,11-14H2,1-3H3,(H,28,35)/t22?,25-/m0/s1. The van der Waals surface area contributed by atoms with Gasteiger partial charge in [0.1, 0.15) is 29.5 Å². The normalized spacial score (nSPS) is 17.7. The number of aromatic nitrogens is 4. The predicted molar refractivity (Wildman–Crippen MR) is 156 cm³/mol. The molecular formula is C27H27N7O7S2. The number of benzene rings is 2. The Hall–Kier alpha value is -4.44. The van der Waals surface area contributed by atoms with Crippen LogP contribution in [0.1, 0.15) is 16.7 Å². The van der Waals surface area contributed by atoms with Crippen LogP contribution in [0.3, 0.4) is 0 Å². The number of hydrogen-bond donors (Lipinski definition) is 1. The molecule has 1 unspecified atom stereocenters. The molecule has 2 aliphatic rings. The van der Waals surface area contributed by atoms with Gasteiger partial charge in [-0.2, -0.15) is 0 Å². The van der Waals surface area contributed by atoms with Crippen molar-refractivity contribution in [2.75, 3.05) is 18.1 Å². The second-order valence-electron chi connectivity index (χ2n) is 9.82. The smallest absolute Gasteiger partial charge is 0.355 e. The van der Waals surface area contributed by atoms with Crippen molar-refractivity contribution in [1.29, 1.82) is 0 Å². The Bertz CT molecular complexity index is 1610. The van der Waals surface area contributed by atoms with Crippen molar-refractivity contribution in [2.24, 2.45) is 7.05 Å². The zero-order chi connectivity index (χ0) is 30.7. The van der Waals surface area contributed by atoms with Gasteiger partial charge in [0.25, 0.3) is 17.5 Å². The van der Waals surface area contributed by atoms with Crippen molar-refractivity contribution in [3.05, 3.63) is 80.5 Å². The van der Waals surface area contributed by atoms with Crippen LogP contribution >= 0.6 is 23.5 Å². The summed E-state index contributed by atoms with van der Waals surface area (Å²) in [5.41, 5.74) is 3.36. The molecule has 1 aromatic heterocycles.